The quantitative estimate of drug-likeness (QED) is 0.392. The maximum atomic E-state index is 13.2. The summed E-state index contributed by atoms with van der Waals surface area (Å²) < 4.78 is 29.1. The van der Waals surface area contributed by atoms with Gasteiger partial charge in [0.05, 0.1) is 17.9 Å². The molecule has 0 unspecified atom stereocenters. The highest BCUT2D eigenvalue weighted by Gasteiger charge is 2.18. The Hall–Kier alpha value is -4.38. The molecule has 0 aliphatic rings. The van der Waals surface area contributed by atoms with Crippen LogP contribution in [0.1, 0.15) is 20.9 Å². The number of benzene rings is 2. The van der Waals surface area contributed by atoms with Gasteiger partial charge in [0.2, 0.25) is 0 Å². The minimum Gasteiger partial charge on any atom is -0.347 e. The van der Waals surface area contributed by atoms with Gasteiger partial charge in [-0.25, -0.2) is 23.1 Å². The largest absolute Gasteiger partial charge is 0.347 e. The van der Waals surface area contributed by atoms with E-state index in [1.807, 2.05) is 17.5 Å². The number of rotatable bonds is 5. The number of nitrogens with one attached hydrogen (secondary N) is 2. The number of imidazole rings is 1. The van der Waals surface area contributed by atoms with Gasteiger partial charge in [-0.1, -0.05) is 11.3 Å². The fourth-order valence-electron chi connectivity index (χ4n) is 3.63. The topological polar surface area (TPSA) is 101 Å². The monoisotopic (exact) mass is 493 g/mol. The highest BCUT2D eigenvalue weighted by atomic mass is 32.1. The molecule has 1 amide bonds. The zero-order valence-corrected chi connectivity index (χ0v) is 19.0. The molecule has 8 nitrogen and oxygen atoms in total. The van der Waals surface area contributed by atoms with E-state index in [1.54, 1.807) is 12.1 Å². The minimum absolute atomic E-state index is 0.139. The van der Waals surface area contributed by atoms with Crippen LogP contribution in [0.25, 0.3) is 21.9 Å². The van der Waals surface area contributed by atoms with Crippen LogP contribution in [0.5, 0.6) is 0 Å². The third-order valence-corrected chi connectivity index (χ3v) is 6.67. The molecule has 0 spiro atoms. The Morgan fingerprint density at radius 3 is 2.37 bits per heavy atom. The first kappa shape index (κ1) is 22.4. The number of hydrogen-bond acceptors (Lipinski definition) is 5. The van der Waals surface area contributed by atoms with Gasteiger partial charge in [-0.15, -0.1) is 0 Å². The Balaban J connectivity index is 1.37. The second-order valence-corrected chi connectivity index (χ2v) is 8.77. The molecule has 5 aromatic rings. The summed E-state index contributed by atoms with van der Waals surface area (Å²) in [5.41, 5.74) is 0.656. The second kappa shape index (κ2) is 8.76. The van der Waals surface area contributed by atoms with Crippen LogP contribution in [0, 0.1) is 18.6 Å². The number of hydrogen-bond donors (Lipinski definition) is 2. The number of aromatic nitrogens is 4. The summed E-state index contributed by atoms with van der Waals surface area (Å²) >= 11 is 1.37. The Labute approximate surface area is 200 Å². The number of nitrogens with zero attached hydrogens (tertiary/aromatic N) is 3. The minimum atomic E-state index is -0.820. The maximum absolute atomic E-state index is 13.2. The molecule has 0 radical (unpaired) electrons. The van der Waals surface area contributed by atoms with Crippen molar-refractivity contribution in [3.63, 3.8) is 0 Å². The average molecular weight is 493 g/mol. The Morgan fingerprint density at radius 1 is 1.06 bits per heavy atom. The first-order chi connectivity index (χ1) is 16.8. The van der Waals surface area contributed by atoms with E-state index in [4.69, 9.17) is 0 Å². The summed E-state index contributed by atoms with van der Waals surface area (Å²) in [6.45, 7) is 2.02. The third-order valence-electron chi connectivity index (χ3n) is 5.51. The zero-order valence-electron chi connectivity index (χ0n) is 18.2. The summed E-state index contributed by atoms with van der Waals surface area (Å²) in [6.07, 6.45) is 2.89. The molecule has 0 saturated carbocycles. The molecule has 0 saturated heterocycles. The smallest absolute Gasteiger partial charge is 0.333 e. The van der Waals surface area contributed by atoms with Gasteiger partial charge in [0.25, 0.3) is 11.5 Å². The molecule has 35 heavy (non-hydrogen) atoms. The molecule has 0 bridgehead atoms. The number of H-pyrrole nitrogens is 1. The van der Waals surface area contributed by atoms with Crippen molar-refractivity contribution >= 4 is 22.2 Å². The van der Waals surface area contributed by atoms with Crippen LogP contribution < -0.4 is 16.6 Å². The highest BCUT2D eigenvalue weighted by Crippen LogP contribution is 2.27. The van der Waals surface area contributed by atoms with Crippen molar-refractivity contribution in [3.05, 3.63) is 110 Å². The Kier molecular flexibility index (Phi) is 5.61. The van der Waals surface area contributed by atoms with Crippen LogP contribution in [0.3, 0.4) is 0 Å². The summed E-state index contributed by atoms with van der Waals surface area (Å²) in [4.78, 5) is 46.3. The number of carbonyl (C=O) groups excluding carboxylic acids is 1. The van der Waals surface area contributed by atoms with Gasteiger partial charge in [-0.05, 0) is 55.5 Å². The number of carbonyl (C=O) groups is 1. The molecule has 2 aromatic carbocycles. The highest BCUT2D eigenvalue weighted by molar-refractivity contribution is 7.17. The van der Waals surface area contributed by atoms with E-state index in [0.717, 1.165) is 39.0 Å². The standard InChI is InChI=1S/C24H17F2N5O3S/c1-13-20(35-24-29-19(12-30(13)24)14-2-4-15(25)5-3-14)11-27-21(32)18-10-28-23(34)31(22(18)33)17-8-6-16(26)7-9-17/h2-10,12H,11H2,1H3,(H,27,32)(H,28,34). The molecule has 2 N–H and O–H groups in total. The molecule has 5 rings (SSSR count). The number of aryl methyl sites for hydroxylation is 1. The van der Waals surface area contributed by atoms with Gasteiger partial charge >= 0.3 is 5.69 Å². The van der Waals surface area contributed by atoms with Gasteiger partial charge in [-0.3, -0.25) is 14.0 Å². The first-order valence-electron chi connectivity index (χ1n) is 10.4. The van der Waals surface area contributed by atoms with Crippen molar-refractivity contribution < 1.29 is 13.6 Å². The fourth-order valence-corrected chi connectivity index (χ4v) is 4.68. The molecule has 0 atom stereocenters. The van der Waals surface area contributed by atoms with Gasteiger partial charge in [0, 0.05) is 28.5 Å². The molecule has 3 aromatic heterocycles. The lowest BCUT2D eigenvalue weighted by molar-refractivity contribution is 0.0949. The average Bonchev–Trinajstić information content (AvgIpc) is 3.38. The van der Waals surface area contributed by atoms with E-state index >= 15 is 0 Å². The summed E-state index contributed by atoms with van der Waals surface area (Å²) in [5.74, 6) is -1.51. The lowest BCUT2D eigenvalue weighted by atomic mass is 10.2. The van der Waals surface area contributed by atoms with E-state index in [0.29, 0.717) is 10.7 Å². The molecule has 0 aliphatic carbocycles. The molecular weight excluding hydrogens is 476 g/mol. The SMILES string of the molecule is Cc1c(CNC(=O)c2c[nH]c(=O)n(-c3ccc(F)cc3)c2=O)sc2nc(-c3ccc(F)cc3)cn12. The van der Waals surface area contributed by atoms with E-state index < -0.39 is 23.0 Å². The van der Waals surface area contributed by atoms with E-state index in [-0.39, 0.29) is 23.6 Å². The number of aromatic amines is 1. The molecule has 11 heteroatoms. The predicted molar refractivity (Wildman–Crippen MR) is 127 cm³/mol. The number of amides is 1. The fraction of sp³-hybridized carbons (Fsp3) is 0.0833. The molecular formula is C24H17F2N5O3S. The molecule has 0 fully saturated rings. The van der Waals surface area contributed by atoms with Crippen LogP contribution in [0.15, 0.2) is 70.5 Å². The van der Waals surface area contributed by atoms with Crippen LogP contribution >= 0.6 is 11.3 Å². The van der Waals surface area contributed by atoms with Crippen molar-refractivity contribution in [1.29, 1.82) is 0 Å². The van der Waals surface area contributed by atoms with Gasteiger partial charge in [-0.2, -0.15) is 0 Å². The van der Waals surface area contributed by atoms with Crippen molar-refractivity contribution in [2.75, 3.05) is 0 Å². The van der Waals surface area contributed by atoms with Crippen molar-refractivity contribution in [1.82, 2.24) is 24.3 Å². The molecule has 176 valence electrons. The van der Waals surface area contributed by atoms with Gasteiger partial charge in [0.1, 0.15) is 17.2 Å². The number of thiazole rings is 1. The van der Waals surface area contributed by atoms with Crippen LogP contribution in [0.4, 0.5) is 8.78 Å². The lowest BCUT2D eigenvalue weighted by Crippen LogP contribution is -2.39. The third kappa shape index (κ3) is 4.17. The van der Waals surface area contributed by atoms with Crippen LogP contribution in [-0.4, -0.2) is 24.8 Å². The first-order valence-corrected chi connectivity index (χ1v) is 11.3. The van der Waals surface area contributed by atoms with Gasteiger partial charge < -0.3 is 10.3 Å². The zero-order chi connectivity index (χ0) is 24.7. The van der Waals surface area contributed by atoms with Crippen molar-refractivity contribution in [2.24, 2.45) is 0 Å². The van der Waals surface area contributed by atoms with E-state index in [9.17, 15) is 23.2 Å². The Bertz CT molecular complexity index is 1680. The van der Waals surface area contributed by atoms with Gasteiger partial charge in [0.15, 0.2) is 4.96 Å². The summed E-state index contributed by atoms with van der Waals surface area (Å²) in [5, 5.41) is 2.70. The van der Waals surface area contributed by atoms with Crippen LogP contribution in [-0.2, 0) is 6.54 Å². The van der Waals surface area contributed by atoms with Crippen molar-refractivity contribution in [3.8, 4) is 16.9 Å². The second-order valence-electron chi connectivity index (χ2n) is 7.70. The number of fused-ring (bicyclic) bond motifs is 1. The summed E-state index contributed by atoms with van der Waals surface area (Å²) in [6, 6.07) is 10.8. The van der Waals surface area contributed by atoms with E-state index in [2.05, 4.69) is 15.3 Å². The summed E-state index contributed by atoms with van der Waals surface area (Å²) in [7, 11) is 0. The normalized spacial score (nSPS) is 11.2. The number of halogens is 2. The maximum Gasteiger partial charge on any atom is 0.333 e. The molecule has 3 heterocycles. The van der Waals surface area contributed by atoms with E-state index in [1.165, 1.54) is 35.6 Å². The lowest BCUT2D eigenvalue weighted by Gasteiger charge is -2.08. The van der Waals surface area contributed by atoms with Crippen LogP contribution in [0.2, 0.25) is 0 Å². The van der Waals surface area contributed by atoms with Crippen molar-refractivity contribution in [2.45, 2.75) is 13.5 Å². The predicted octanol–water partition coefficient (Wildman–Crippen LogP) is 3.42. The Morgan fingerprint density at radius 2 is 1.71 bits per heavy atom. The molecule has 0 aliphatic heterocycles.